The van der Waals surface area contributed by atoms with Crippen LogP contribution >= 0.6 is 0 Å². The summed E-state index contributed by atoms with van der Waals surface area (Å²) in [6.07, 6.45) is 0. The average molecular weight is 367 g/mol. The predicted molar refractivity (Wildman–Crippen MR) is 87.3 cm³/mol. The molecule has 8 heteroatoms. The highest BCUT2D eigenvalue weighted by Gasteiger charge is 2.30. The molecule has 2 N–H and O–H groups in total. The van der Waals surface area contributed by atoms with Crippen LogP contribution in [0.1, 0.15) is 12.7 Å². The molecule has 0 aliphatic rings. The molecule has 1 aromatic heterocycles. The largest absolute Gasteiger partial charge is 0.458 e. The topological polar surface area (TPSA) is 79.5 Å². The molecule has 0 bridgehead atoms. The zero-order chi connectivity index (χ0) is 18.2. The number of para-hydroxylation sites is 1. The summed E-state index contributed by atoms with van der Waals surface area (Å²) >= 11 is 0. The fourth-order valence-electron chi connectivity index (χ4n) is 2.34. The van der Waals surface area contributed by atoms with Crippen molar-refractivity contribution in [2.45, 2.75) is 17.4 Å². The Labute approximate surface area is 142 Å². The minimum Gasteiger partial charge on any atom is -0.458 e. The Kier molecular flexibility index (Phi) is 4.36. The van der Waals surface area contributed by atoms with Gasteiger partial charge in [-0.15, -0.1) is 0 Å². The fourth-order valence-corrected chi connectivity index (χ4v) is 3.51. The summed E-state index contributed by atoms with van der Waals surface area (Å²) in [5.74, 6) is -1.85. The molecule has 3 aromatic rings. The first-order valence-electron chi connectivity index (χ1n) is 7.35. The maximum Gasteiger partial charge on any atom is 0.240 e. The number of furan rings is 1. The number of rotatable bonds is 5. The SMILES string of the molecule is CC(O)(CNS(=O)(=O)c1cc(F)cc(F)c1)c1cc2ccccc2o1. The third-order valence-corrected chi connectivity index (χ3v) is 5.09. The van der Waals surface area contributed by atoms with Crippen LogP contribution in [0.5, 0.6) is 0 Å². The molecule has 0 saturated heterocycles. The zero-order valence-corrected chi connectivity index (χ0v) is 14.0. The van der Waals surface area contributed by atoms with Gasteiger partial charge in [0.15, 0.2) is 0 Å². The average Bonchev–Trinajstić information content (AvgIpc) is 2.97. The molecule has 3 rings (SSSR count). The summed E-state index contributed by atoms with van der Waals surface area (Å²) in [6.45, 7) is 0.937. The Morgan fingerprint density at radius 2 is 1.76 bits per heavy atom. The number of aliphatic hydroxyl groups is 1. The van der Waals surface area contributed by atoms with Gasteiger partial charge in [0.25, 0.3) is 0 Å². The van der Waals surface area contributed by atoms with E-state index in [2.05, 4.69) is 4.72 Å². The lowest BCUT2D eigenvalue weighted by Crippen LogP contribution is -2.38. The van der Waals surface area contributed by atoms with Gasteiger partial charge in [-0.05, 0) is 31.2 Å². The van der Waals surface area contributed by atoms with E-state index in [-0.39, 0.29) is 5.76 Å². The molecule has 0 fully saturated rings. The number of fused-ring (bicyclic) bond motifs is 1. The molecule has 0 radical (unpaired) electrons. The fraction of sp³-hybridized carbons (Fsp3) is 0.176. The predicted octanol–water partition coefficient (Wildman–Crippen LogP) is 2.90. The van der Waals surface area contributed by atoms with Crippen molar-refractivity contribution in [3.63, 3.8) is 0 Å². The molecule has 0 aliphatic heterocycles. The Bertz CT molecular complexity index is 975. The van der Waals surface area contributed by atoms with Crippen molar-refractivity contribution in [3.8, 4) is 0 Å². The summed E-state index contributed by atoms with van der Waals surface area (Å²) < 4.78 is 58.5. The highest BCUT2D eigenvalue weighted by molar-refractivity contribution is 7.89. The van der Waals surface area contributed by atoms with E-state index in [1.807, 2.05) is 0 Å². The highest BCUT2D eigenvalue weighted by Crippen LogP contribution is 2.28. The Morgan fingerprint density at radius 3 is 2.40 bits per heavy atom. The first kappa shape index (κ1) is 17.5. The Balaban J connectivity index is 1.83. The molecule has 5 nitrogen and oxygen atoms in total. The number of halogens is 2. The van der Waals surface area contributed by atoms with Gasteiger partial charge in [0.05, 0.1) is 4.90 Å². The summed E-state index contributed by atoms with van der Waals surface area (Å²) in [5, 5.41) is 11.3. The van der Waals surface area contributed by atoms with Crippen LogP contribution in [-0.2, 0) is 15.6 Å². The Morgan fingerprint density at radius 1 is 1.12 bits per heavy atom. The van der Waals surface area contributed by atoms with Crippen molar-refractivity contribution in [1.82, 2.24) is 4.72 Å². The minimum atomic E-state index is -4.21. The second-order valence-corrected chi connectivity index (χ2v) is 7.62. The highest BCUT2D eigenvalue weighted by atomic mass is 32.2. The first-order chi connectivity index (χ1) is 11.7. The lowest BCUT2D eigenvalue weighted by atomic mass is 10.0. The van der Waals surface area contributed by atoms with E-state index >= 15 is 0 Å². The normalized spacial score (nSPS) is 14.6. The molecule has 0 aliphatic carbocycles. The summed E-state index contributed by atoms with van der Waals surface area (Å²) in [4.78, 5) is -0.564. The molecule has 0 amide bonds. The van der Waals surface area contributed by atoms with Crippen molar-refractivity contribution < 1.29 is 26.7 Å². The maximum atomic E-state index is 13.2. The van der Waals surface area contributed by atoms with Crippen LogP contribution in [0.4, 0.5) is 8.78 Å². The number of hydrogen-bond donors (Lipinski definition) is 2. The summed E-state index contributed by atoms with van der Waals surface area (Å²) in [5.41, 5.74) is -1.11. The quantitative estimate of drug-likeness (QED) is 0.727. The van der Waals surface area contributed by atoms with Crippen LogP contribution in [0.3, 0.4) is 0 Å². The molecule has 25 heavy (non-hydrogen) atoms. The van der Waals surface area contributed by atoms with E-state index in [0.717, 1.165) is 5.39 Å². The standard InChI is InChI=1S/C17H15F2NO4S/c1-17(21,16-6-11-4-2-3-5-15(11)24-16)10-20-25(22,23)14-8-12(18)7-13(19)9-14/h2-9,20-21H,10H2,1H3. The third kappa shape index (κ3) is 3.71. The lowest BCUT2D eigenvalue weighted by molar-refractivity contribution is 0.0412. The van der Waals surface area contributed by atoms with Gasteiger partial charge in [-0.1, -0.05) is 18.2 Å². The monoisotopic (exact) mass is 367 g/mol. The van der Waals surface area contributed by atoms with Crippen molar-refractivity contribution in [2.75, 3.05) is 6.54 Å². The second kappa shape index (κ2) is 6.21. The van der Waals surface area contributed by atoms with E-state index < -0.39 is 38.7 Å². The van der Waals surface area contributed by atoms with Crippen molar-refractivity contribution in [1.29, 1.82) is 0 Å². The van der Waals surface area contributed by atoms with Crippen molar-refractivity contribution >= 4 is 21.0 Å². The van der Waals surface area contributed by atoms with Gasteiger partial charge >= 0.3 is 0 Å². The van der Waals surface area contributed by atoms with E-state index in [0.29, 0.717) is 23.8 Å². The zero-order valence-electron chi connectivity index (χ0n) is 13.2. The third-order valence-electron chi connectivity index (χ3n) is 3.71. The maximum absolute atomic E-state index is 13.2. The van der Waals surface area contributed by atoms with E-state index in [1.165, 1.54) is 6.92 Å². The smallest absolute Gasteiger partial charge is 0.240 e. The van der Waals surface area contributed by atoms with Crippen LogP contribution in [0.2, 0.25) is 0 Å². The van der Waals surface area contributed by atoms with Crippen LogP contribution in [0.15, 0.2) is 57.8 Å². The second-order valence-electron chi connectivity index (χ2n) is 5.85. The molecule has 1 unspecified atom stereocenters. The van der Waals surface area contributed by atoms with Gasteiger partial charge in [-0.3, -0.25) is 0 Å². The van der Waals surface area contributed by atoms with Crippen LogP contribution in [-0.4, -0.2) is 20.1 Å². The van der Waals surface area contributed by atoms with Crippen LogP contribution in [0.25, 0.3) is 11.0 Å². The minimum absolute atomic E-state index is 0.168. The molecule has 1 atom stereocenters. The number of sulfonamides is 1. The van der Waals surface area contributed by atoms with E-state index in [4.69, 9.17) is 4.42 Å². The van der Waals surface area contributed by atoms with E-state index in [9.17, 15) is 22.3 Å². The molecule has 0 saturated carbocycles. The molecule has 2 aromatic carbocycles. The van der Waals surface area contributed by atoms with Crippen molar-refractivity contribution in [3.05, 3.63) is 65.9 Å². The molecular formula is C17H15F2NO4S. The van der Waals surface area contributed by atoms with Gasteiger partial charge in [-0.25, -0.2) is 21.9 Å². The van der Waals surface area contributed by atoms with Gasteiger partial charge in [0.2, 0.25) is 10.0 Å². The molecule has 132 valence electrons. The number of benzene rings is 2. The van der Waals surface area contributed by atoms with Crippen molar-refractivity contribution in [2.24, 2.45) is 0 Å². The van der Waals surface area contributed by atoms with Gasteiger partial charge in [0.1, 0.15) is 28.6 Å². The van der Waals surface area contributed by atoms with Crippen LogP contribution < -0.4 is 4.72 Å². The van der Waals surface area contributed by atoms with Gasteiger partial charge < -0.3 is 9.52 Å². The lowest BCUT2D eigenvalue weighted by Gasteiger charge is -2.21. The number of nitrogens with one attached hydrogen (secondary N) is 1. The summed E-state index contributed by atoms with van der Waals surface area (Å²) in [7, 11) is -4.21. The first-order valence-corrected chi connectivity index (χ1v) is 8.83. The molecular weight excluding hydrogens is 352 g/mol. The Hall–Kier alpha value is -2.29. The molecule has 1 heterocycles. The van der Waals surface area contributed by atoms with Gasteiger partial charge in [0, 0.05) is 18.0 Å². The van der Waals surface area contributed by atoms with E-state index in [1.54, 1.807) is 30.3 Å². The van der Waals surface area contributed by atoms with Crippen LogP contribution in [0, 0.1) is 11.6 Å². The number of hydrogen-bond acceptors (Lipinski definition) is 4. The van der Waals surface area contributed by atoms with Gasteiger partial charge in [-0.2, -0.15) is 0 Å². The summed E-state index contributed by atoms with van der Waals surface area (Å²) in [6, 6.07) is 10.6. The molecule has 0 spiro atoms.